The highest BCUT2D eigenvalue weighted by Crippen LogP contribution is 2.45. The van der Waals surface area contributed by atoms with Crippen molar-refractivity contribution in [3.8, 4) is 22.6 Å². The maximum Gasteiger partial charge on any atom is 0.231 e. The minimum atomic E-state index is -0.0848. The molecule has 0 amide bonds. The van der Waals surface area contributed by atoms with Crippen molar-refractivity contribution >= 4 is 16.7 Å². The molecule has 0 spiro atoms. The van der Waals surface area contributed by atoms with Gasteiger partial charge in [0.05, 0.1) is 6.04 Å². The van der Waals surface area contributed by atoms with Gasteiger partial charge in [0.2, 0.25) is 6.79 Å². The van der Waals surface area contributed by atoms with E-state index >= 15 is 0 Å². The lowest BCUT2D eigenvalue weighted by Crippen LogP contribution is -2.12. The van der Waals surface area contributed by atoms with Crippen molar-refractivity contribution in [2.24, 2.45) is 0 Å². The first kappa shape index (κ1) is 14.5. The lowest BCUT2D eigenvalue weighted by molar-refractivity contribution is 0.174. The first-order valence-electron chi connectivity index (χ1n) is 8.80. The largest absolute Gasteiger partial charge is 0.454 e. The van der Waals surface area contributed by atoms with Crippen LogP contribution in [-0.4, -0.2) is 16.5 Å². The summed E-state index contributed by atoms with van der Waals surface area (Å²) in [6, 6.07) is 16.3. The second-order valence-corrected chi connectivity index (χ2v) is 6.78. The van der Waals surface area contributed by atoms with Gasteiger partial charge in [-0.2, -0.15) is 0 Å². The third-order valence-corrected chi connectivity index (χ3v) is 5.30. The number of nitrogens with one attached hydrogen (secondary N) is 1. The van der Waals surface area contributed by atoms with E-state index in [0.717, 1.165) is 50.5 Å². The Balaban J connectivity index is 1.66. The van der Waals surface area contributed by atoms with Gasteiger partial charge in [-0.1, -0.05) is 24.3 Å². The summed E-state index contributed by atoms with van der Waals surface area (Å²) in [4.78, 5) is 4.51. The Bertz CT molecular complexity index is 1210. The van der Waals surface area contributed by atoms with Crippen molar-refractivity contribution in [2.45, 2.75) is 6.04 Å². The molecule has 2 aliphatic rings. The normalized spacial score (nSPS) is 16.7. The van der Waals surface area contributed by atoms with E-state index in [9.17, 15) is 0 Å². The number of aromatic nitrogens is 2. The van der Waals surface area contributed by atoms with Crippen LogP contribution >= 0.6 is 0 Å². The second-order valence-electron chi connectivity index (χ2n) is 6.78. The number of rotatable bonds is 1. The highest BCUT2D eigenvalue weighted by molar-refractivity contribution is 6.01. The van der Waals surface area contributed by atoms with E-state index in [1.165, 1.54) is 0 Å². The van der Waals surface area contributed by atoms with Gasteiger partial charge >= 0.3 is 0 Å². The van der Waals surface area contributed by atoms with Crippen molar-refractivity contribution < 1.29 is 9.47 Å². The van der Waals surface area contributed by atoms with Gasteiger partial charge in [0.25, 0.3) is 0 Å². The van der Waals surface area contributed by atoms with Crippen LogP contribution in [0.3, 0.4) is 0 Å². The molecule has 1 unspecified atom stereocenters. The van der Waals surface area contributed by atoms with Gasteiger partial charge in [-0.3, -0.25) is 4.68 Å². The van der Waals surface area contributed by atoms with Crippen LogP contribution in [0.25, 0.3) is 22.2 Å². The molecular weight excluding hydrogens is 340 g/mol. The second kappa shape index (κ2) is 5.17. The fourth-order valence-corrected chi connectivity index (χ4v) is 4.08. The van der Waals surface area contributed by atoms with E-state index in [1.54, 1.807) is 4.68 Å². The van der Waals surface area contributed by atoms with Gasteiger partial charge in [-0.25, -0.2) is 4.98 Å². The molecule has 2 aromatic heterocycles. The molecule has 3 N–H and O–H groups in total. The third-order valence-electron chi connectivity index (χ3n) is 5.30. The highest BCUT2D eigenvalue weighted by Gasteiger charge is 2.28. The third kappa shape index (κ3) is 1.98. The Morgan fingerprint density at radius 1 is 1.04 bits per heavy atom. The van der Waals surface area contributed by atoms with Crippen molar-refractivity contribution in [1.82, 2.24) is 9.66 Å². The lowest BCUT2D eigenvalue weighted by atomic mass is 9.97. The first-order valence-corrected chi connectivity index (χ1v) is 8.80. The Morgan fingerprint density at radius 2 is 1.93 bits per heavy atom. The zero-order valence-electron chi connectivity index (χ0n) is 14.3. The molecule has 0 saturated carbocycles. The Labute approximate surface area is 155 Å². The molecule has 0 fully saturated rings. The van der Waals surface area contributed by atoms with Crippen molar-refractivity contribution in [1.29, 1.82) is 0 Å². The Morgan fingerprint density at radius 3 is 2.89 bits per heavy atom. The average Bonchev–Trinajstić information content (AvgIpc) is 3.27. The highest BCUT2D eigenvalue weighted by atomic mass is 16.7. The monoisotopic (exact) mass is 356 g/mol. The molecule has 2 aliphatic heterocycles. The van der Waals surface area contributed by atoms with Gasteiger partial charge in [0.15, 0.2) is 17.1 Å². The minimum Gasteiger partial charge on any atom is -0.454 e. The molecule has 27 heavy (non-hydrogen) atoms. The molecule has 1 atom stereocenters. The van der Waals surface area contributed by atoms with Gasteiger partial charge in [0.1, 0.15) is 0 Å². The van der Waals surface area contributed by atoms with Crippen LogP contribution in [0, 0.1) is 0 Å². The summed E-state index contributed by atoms with van der Waals surface area (Å²) in [5, 5.41) is 4.76. The lowest BCUT2D eigenvalue weighted by Gasteiger charge is -2.20. The van der Waals surface area contributed by atoms with Crippen molar-refractivity contribution in [3.63, 3.8) is 0 Å². The number of pyridine rings is 1. The molecule has 0 saturated heterocycles. The van der Waals surface area contributed by atoms with Crippen LogP contribution in [0.5, 0.6) is 11.5 Å². The summed E-state index contributed by atoms with van der Waals surface area (Å²) in [5.74, 6) is 7.77. The van der Waals surface area contributed by atoms with Crippen LogP contribution in [0.15, 0.2) is 60.9 Å². The number of hydrogen-bond donors (Lipinski definition) is 2. The number of benzene rings is 2. The zero-order chi connectivity index (χ0) is 18.0. The van der Waals surface area contributed by atoms with E-state index in [-0.39, 0.29) is 12.8 Å². The summed E-state index contributed by atoms with van der Waals surface area (Å²) in [7, 11) is 0. The first-order chi connectivity index (χ1) is 13.3. The number of nitrogens with zero attached hydrogens (tertiary/aromatic N) is 2. The predicted octanol–water partition coefficient (Wildman–Crippen LogP) is 3.66. The molecule has 4 aromatic rings. The fourth-order valence-electron chi connectivity index (χ4n) is 4.08. The summed E-state index contributed by atoms with van der Waals surface area (Å²) in [6.45, 7) is 0.260. The van der Waals surface area contributed by atoms with Crippen molar-refractivity contribution in [3.05, 3.63) is 72.1 Å². The predicted molar refractivity (Wildman–Crippen MR) is 103 cm³/mol. The number of nitrogens with two attached hydrogens (primary N) is 1. The van der Waals surface area contributed by atoms with Crippen LogP contribution in [0.2, 0.25) is 0 Å². The van der Waals surface area contributed by atoms with Crippen LogP contribution < -0.4 is 20.6 Å². The molecule has 6 heteroatoms. The summed E-state index contributed by atoms with van der Waals surface area (Å²) < 4.78 is 12.7. The number of hydrogen-bond acceptors (Lipinski definition) is 5. The van der Waals surface area contributed by atoms with E-state index < -0.39 is 0 Å². The van der Waals surface area contributed by atoms with Crippen LogP contribution in [-0.2, 0) is 0 Å². The summed E-state index contributed by atoms with van der Waals surface area (Å²) in [6.07, 6.45) is 3.76. The van der Waals surface area contributed by atoms with Gasteiger partial charge in [-0.05, 0) is 35.4 Å². The number of anilines is 1. The molecule has 0 bridgehead atoms. The molecule has 0 aliphatic carbocycles. The summed E-state index contributed by atoms with van der Waals surface area (Å²) in [5.41, 5.74) is 6.29. The van der Waals surface area contributed by atoms with Gasteiger partial charge < -0.3 is 20.6 Å². The SMILES string of the molecule is Nn1cc2c3c(ccnc31)-c1ccccc1NC2c1ccc2c(c1)OCO2. The molecule has 0 radical (unpaired) electrons. The van der Waals surface area contributed by atoms with E-state index in [4.69, 9.17) is 15.3 Å². The maximum absolute atomic E-state index is 6.23. The molecule has 4 heterocycles. The molecule has 6 rings (SSSR count). The molecular formula is C21H16N4O2. The average molecular weight is 356 g/mol. The molecule has 2 aromatic carbocycles. The fraction of sp³-hybridized carbons (Fsp3) is 0.0952. The van der Waals surface area contributed by atoms with Crippen molar-refractivity contribution in [2.75, 3.05) is 18.0 Å². The van der Waals surface area contributed by atoms with Crippen LogP contribution in [0.1, 0.15) is 17.2 Å². The smallest absolute Gasteiger partial charge is 0.231 e. The van der Waals surface area contributed by atoms with Gasteiger partial charge in [0, 0.05) is 34.6 Å². The number of nitrogen functional groups attached to an aromatic ring is 1. The summed E-state index contributed by atoms with van der Waals surface area (Å²) >= 11 is 0. The maximum atomic E-state index is 6.23. The number of para-hydroxylation sites is 1. The minimum absolute atomic E-state index is 0.0848. The van der Waals surface area contributed by atoms with E-state index in [2.05, 4.69) is 28.5 Å². The van der Waals surface area contributed by atoms with E-state index in [0.29, 0.717) is 0 Å². The topological polar surface area (TPSA) is 74.3 Å². The number of ether oxygens (including phenoxy) is 2. The quantitative estimate of drug-likeness (QED) is 0.509. The Kier molecular flexibility index (Phi) is 2.78. The van der Waals surface area contributed by atoms with Crippen LogP contribution in [0.4, 0.5) is 5.69 Å². The number of fused-ring (bicyclic) bond motifs is 3. The molecule has 132 valence electrons. The zero-order valence-corrected chi connectivity index (χ0v) is 14.3. The van der Waals surface area contributed by atoms with E-state index in [1.807, 2.05) is 42.7 Å². The standard InChI is InChI=1S/C21H16N4O2/c22-25-10-15-19-14(7-8-23-21(19)25)13-3-1-2-4-16(13)24-20(15)12-5-6-17-18(9-12)27-11-26-17/h1-10,20,24H,11,22H2. The molecule has 6 nitrogen and oxygen atoms in total. The Hall–Kier alpha value is -3.67. The van der Waals surface area contributed by atoms with Gasteiger partial charge in [-0.15, -0.1) is 0 Å².